The van der Waals surface area contributed by atoms with Crippen LogP contribution in [0.15, 0.2) is 0 Å². The molecular formula is C22H36N6O2S. The summed E-state index contributed by atoms with van der Waals surface area (Å²) in [5.41, 5.74) is 7.82. The fourth-order valence-electron chi connectivity index (χ4n) is 5.07. The molecule has 172 valence electrons. The molecule has 9 heteroatoms. The molecule has 1 aliphatic carbocycles. The molecule has 4 N–H and O–H groups in total. The number of likely N-dealkylation sites (N-methyl/N-ethyl adjacent to an activating group) is 2. The second-order valence-electron chi connectivity index (χ2n) is 9.17. The molecule has 1 aliphatic heterocycles. The first-order valence-electron chi connectivity index (χ1n) is 11.1. The van der Waals surface area contributed by atoms with E-state index in [1.165, 1.54) is 4.88 Å². The summed E-state index contributed by atoms with van der Waals surface area (Å²) in [6, 6.07) is 2.46. The molecular weight excluding hydrogens is 412 g/mol. The summed E-state index contributed by atoms with van der Waals surface area (Å²) in [5, 5.41) is 24.3. The maximum absolute atomic E-state index is 12.8. The first-order chi connectivity index (χ1) is 14.8. The van der Waals surface area contributed by atoms with Gasteiger partial charge in [-0.05, 0) is 58.3 Å². The number of nitrogen functional groups attached to an aromatic ring is 1. The molecule has 1 aromatic heterocycles. The van der Waals surface area contributed by atoms with Gasteiger partial charge < -0.3 is 26.0 Å². The standard InChI is InChI=1S/C22H36N6O2S/c1-5-7-28(22(30)25-6-8-26(2)3)21(29)15-9-14-10-16-17(12-23)20(24)31-19(16)11-18(14)27(4)13-15/h14-15,18,21,29H,5-11,13,24H2,1-4H3,(H,25,30)/t14-,15-,18-,21?/m1/s1. The molecule has 3 rings (SSSR count). The molecule has 1 aromatic rings. The Labute approximate surface area is 189 Å². The van der Waals surface area contributed by atoms with Crippen molar-refractivity contribution in [2.45, 2.75) is 44.9 Å². The zero-order valence-electron chi connectivity index (χ0n) is 19.1. The highest BCUT2D eigenvalue weighted by molar-refractivity contribution is 7.16. The number of amides is 2. The van der Waals surface area contributed by atoms with E-state index in [4.69, 9.17) is 5.73 Å². The minimum absolute atomic E-state index is 0.0273. The number of hydrogen-bond donors (Lipinski definition) is 3. The third-order valence-electron chi connectivity index (χ3n) is 6.63. The Kier molecular flexibility index (Phi) is 7.81. The van der Waals surface area contributed by atoms with Crippen molar-refractivity contribution in [3.63, 3.8) is 0 Å². The van der Waals surface area contributed by atoms with Crippen molar-refractivity contribution < 1.29 is 9.90 Å². The highest BCUT2D eigenvalue weighted by Crippen LogP contribution is 2.43. The van der Waals surface area contributed by atoms with Gasteiger partial charge in [-0.3, -0.25) is 4.90 Å². The van der Waals surface area contributed by atoms with Gasteiger partial charge in [0.1, 0.15) is 17.3 Å². The van der Waals surface area contributed by atoms with E-state index in [2.05, 4.69) is 23.3 Å². The maximum Gasteiger partial charge on any atom is 0.319 e. The van der Waals surface area contributed by atoms with Gasteiger partial charge in [-0.15, -0.1) is 11.3 Å². The van der Waals surface area contributed by atoms with E-state index >= 15 is 0 Å². The number of nitrogens with zero attached hydrogens (tertiary/aromatic N) is 4. The number of urea groups is 1. The molecule has 1 saturated heterocycles. The minimum atomic E-state index is -0.827. The molecule has 0 saturated carbocycles. The van der Waals surface area contributed by atoms with Crippen LogP contribution in [-0.4, -0.2) is 85.4 Å². The van der Waals surface area contributed by atoms with Crippen LogP contribution in [0.2, 0.25) is 0 Å². The first-order valence-corrected chi connectivity index (χ1v) is 12.0. The minimum Gasteiger partial charge on any atom is -0.389 e. The van der Waals surface area contributed by atoms with Gasteiger partial charge in [-0.1, -0.05) is 6.92 Å². The summed E-state index contributed by atoms with van der Waals surface area (Å²) in [5.74, 6) is 0.313. The van der Waals surface area contributed by atoms with Crippen molar-refractivity contribution in [1.82, 2.24) is 20.0 Å². The van der Waals surface area contributed by atoms with Crippen LogP contribution in [-0.2, 0) is 12.8 Å². The average molecular weight is 449 g/mol. The van der Waals surface area contributed by atoms with Crippen LogP contribution in [0.1, 0.15) is 35.8 Å². The topological polar surface area (TPSA) is 109 Å². The molecule has 1 fully saturated rings. The third-order valence-corrected chi connectivity index (χ3v) is 7.71. The molecule has 0 aromatic carbocycles. The largest absolute Gasteiger partial charge is 0.389 e. The molecule has 2 heterocycles. The first kappa shape index (κ1) is 23.8. The van der Waals surface area contributed by atoms with E-state index in [9.17, 15) is 15.2 Å². The summed E-state index contributed by atoms with van der Waals surface area (Å²) in [6.07, 6.45) is 2.51. The second-order valence-corrected chi connectivity index (χ2v) is 10.3. The SMILES string of the molecule is CCCN(C(=O)NCCN(C)C)C(O)[C@@H]1C[C@@H]2Cc3c(sc(N)c3C#N)C[C@H]2N(C)C1. The quantitative estimate of drug-likeness (QED) is 0.546. The van der Waals surface area contributed by atoms with E-state index in [1.54, 1.807) is 16.2 Å². The van der Waals surface area contributed by atoms with Gasteiger partial charge in [-0.25, -0.2) is 4.79 Å². The lowest BCUT2D eigenvalue weighted by molar-refractivity contribution is -0.0601. The summed E-state index contributed by atoms with van der Waals surface area (Å²) in [4.78, 5) is 19.9. The van der Waals surface area contributed by atoms with Gasteiger partial charge in [0.25, 0.3) is 0 Å². The van der Waals surface area contributed by atoms with Crippen LogP contribution in [0.4, 0.5) is 9.80 Å². The number of anilines is 1. The Balaban J connectivity index is 1.71. The highest BCUT2D eigenvalue weighted by Gasteiger charge is 2.43. The van der Waals surface area contributed by atoms with Crippen molar-refractivity contribution in [3.05, 3.63) is 16.0 Å². The summed E-state index contributed by atoms with van der Waals surface area (Å²) in [6.45, 7) is 4.59. The van der Waals surface area contributed by atoms with Crippen molar-refractivity contribution >= 4 is 22.4 Å². The number of aliphatic hydroxyl groups is 1. The smallest absolute Gasteiger partial charge is 0.319 e. The van der Waals surface area contributed by atoms with Crippen LogP contribution in [0.25, 0.3) is 0 Å². The van der Waals surface area contributed by atoms with Gasteiger partial charge in [-0.2, -0.15) is 5.26 Å². The van der Waals surface area contributed by atoms with E-state index in [0.717, 1.165) is 44.3 Å². The van der Waals surface area contributed by atoms with Gasteiger partial charge in [0.2, 0.25) is 0 Å². The van der Waals surface area contributed by atoms with E-state index in [-0.39, 0.29) is 11.9 Å². The van der Waals surface area contributed by atoms with Gasteiger partial charge in [0.15, 0.2) is 0 Å². The molecule has 0 spiro atoms. The molecule has 4 atom stereocenters. The van der Waals surface area contributed by atoms with Crippen LogP contribution >= 0.6 is 11.3 Å². The third kappa shape index (κ3) is 5.14. The molecule has 8 nitrogen and oxygen atoms in total. The number of thiophene rings is 1. The zero-order chi connectivity index (χ0) is 22.7. The summed E-state index contributed by atoms with van der Waals surface area (Å²) in [7, 11) is 6.03. The number of nitriles is 1. The number of rotatable bonds is 7. The van der Waals surface area contributed by atoms with E-state index in [0.29, 0.717) is 35.6 Å². The Morgan fingerprint density at radius 1 is 1.42 bits per heavy atom. The normalized spacial score (nSPS) is 24.2. The van der Waals surface area contributed by atoms with Crippen LogP contribution in [0.5, 0.6) is 0 Å². The molecule has 2 amide bonds. The van der Waals surface area contributed by atoms with Gasteiger partial charge in [0, 0.05) is 43.0 Å². The van der Waals surface area contributed by atoms with Crippen molar-refractivity contribution in [2.75, 3.05) is 53.1 Å². The van der Waals surface area contributed by atoms with E-state index in [1.807, 2.05) is 25.9 Å². The fraction of sp³-hybridized carbons (Fsp3) is 0.727. The lowest BCUT2D eigenvalue weighted by Crippen LogP contribution is -2.57. The highest BCUT2D eigenvalue weighted by atomic mass is 32.1. The number of aliphatic hydroxyl groups excluding tert-OH is 1. The Bertz CT molecular complexity index is 820. The second kappa shape index (κ2) is 10.2. The van der Waals surface area contributed by atoms with Crippen LogP contribution < -0.4 is 11.1 Å². The van der Waals surface area contributed by atoms with Gasteiger partial charge >= 0.3 is 6.03 Å². The number of likely N-dealkylation sites (tertiary alicyclic amines) is 1. The van der Waals surface area contributed by atoms with Gasteiger partial charge in [0.05, 0.1) is 5.56 Å². The number of carbonyl (C=O) groups excluding carboxylic acids is 1. The fourth-order valence-corrected chi connectivity index (χ4v) is 6.17. The number of nitrogens with two attached hydrogens (primary N) is 1. The monoisotopic (exact) mass is 448 g/mol. The van der Waals surface area contributed by atoms with Crippen molar-refractivity contribution in [1.29, 1.82) is 5.26 Å². The summed E-state index contributed by atoms with van der Waals surface area (Å²) < 4.78 is 0. The Morgan fingerprint density at radius 2 is 2.16 bits per heavy atom. The lowest BCUT2D eigenvalue weighted by Gasteiger charge is -2.47. The van der Waals surface area contributed by atoms with Crippen molar-refractivity contribution in [3.8, 4) is 6.07 Å². The molecule has 0 radical (unpaired) electrons. The number of carbonyl (C=O) groups is 1. The van der Waals surface area contributed by atoms with E-state index < -0.39 is 6.23 Å². The predicted octanol–water partition coefficient (Wildman–Crippen LogP) is 1.54. The predicted molar refractivity (Wildman–Crippen MR) is 124 cm³/mol. The molecule has 31 heavy (non-hydrogen) atoms. The lowest BCUT2D eigenvalue weighted by atomic mass is 9.73. The average Bonchev–Trinajstić information content (AvgIpc) is 3.03. The number of nitrogens with one attached hydrogen (secondary N) is 1. The van der Waals surface area contributed by atoms with Crippen LogP contribution in [0, 0.1) is 23.2 Å². The summed E-state index contributed by atoms with van der Waals surface area (Å²) >= 11 is 1.55. The molecule has 2 aliphatic rings. The van der Waals surface area contributed by atoms with Crippen LogP contribution in [0.3, 0.4) is 0 Å². The van der Waals surface area contributed by atoms with Crippen molar-refractivity contribution in [2.24, 2.45) is 11.8 Å². The number of hydrogen-bond acceptors (Lipinski definition) is 7. The molecule has 1 unspecified atom stereocenters. The Morgan fingerprint density at radius 3 is 2.81 bits per heavy atom. The maximum atomic E-state index is 12.8. The number of fused-ring (bicyclic) bond motifs is 2. The molecule has 0 bridgehead atoms. The zero-order valence-corrected chi connectivity index (χ0v) is 19.9. The Hall–Kier alpha value is -1.86. The number of piperidine rings is 1.